The molecule has 0 unspecified atom stereocenters. The highest BCUT2D eigenvalue weighted by molar-refractivity contribution is 9.10. The van der Waals surface area contributed by atoms with Crippen LogP contribution < -0.4 is 14.2 Å². The van der Waals surface area contributed by atoms with E-state index in [-0.39, 0.29) is 24.9 Å². The zero-order valence-electron chi connectivity index (χ0n) is 17.1. The minimum Gasteiger partial charge on any atom is -0.489 e. The molecule has 0 fully saturated rings. The molecule has 5 rings (SSSR count). The van der Waals surface area contributed by atoms with Gasteiger partial charge >= 0.3 is 0 Å². The van der Waals surface area contributed by atoms with Crippen LogP contribution in [0.2, 0.25) is 0 Å². The Morgan fingerprint density at radius 3 is 2.88 bits per heavy atom. The fraction of sp³-hybridized carbons (Fsp3) is 0.160. The van der Waals surface area contributed by atoms with Crippen LogP contribution in [0.4, 0.5) is 4.39 Å². The molecule has 0 atom stereocenters. The smallest absolute Gasteiger partial charge is 0.232 e. The van der Waals surface area contributed by atoms with Crippen molar-refractivity contribution in [2.75, 3.05) is 6.79 Å². The molecular formula is C25H18BrFO5. The lowest BCUT2D eigenvalue weighted by Gasteiger charge is -2.21. The van der Waals surface area contributed by atoms with E-state index in [0.717, 1.165) is 26.9 Å². The minimum absolute atomic E-state index is 0.0832. The van der Waals surface area contributed by atoms with Crippen LogP contribution in [0.1, 0.15) is 32.6 Å². The Bertz CT molecular complexity index is 1270. The number of Topliss-reactive ketones (excluding diaryl/α,β-unsaturated/α-hetero) is 1. The maximum Gasteiger partial charge on any atom is 0.232 e. The first-order valence-corrected chi connectivity index (χ1v) is 10.8. The summed E-state index contributed by atoms with van der Waals surface area (Å²) in [6.45, 7) is 2.77. The summed E-state index contributed by atoms with van der Waals surface area (Å²) in [5.41, 5.74) is 3.31. The van der Waals surface area contributed by atoms with E-state index in [2.05, 4.69) is 15.9 Å². The lowest BCUT2D eigenvalue weighted by atomic mass is 10.0. The van der Waals surface area contributed by atoms with Crippen molar-refractivity contribution < 1.29 is 28.1 Å². The third kappa shape index (κ3) is 3.89. The zero-order valence-corrected chi connectivity index (χ0v) is 18.7. The van der Waals surface area contributed by atoms with E-state index in [0.29, 0.717) is 29.2 Å². The topological polar surface area (TPSA) is 54.0 Å². The molecular weight excluding hydrogens is 479 g/mol. The number of carbonyl (C=O) groups is 1. The van der Waals surface area contributed by atoms with Crippen LogP contribution in [0, 0.1) is 12.7 Å². The Morgan fingerprint density at radius 1 is 1.19 bits per heavy atom. The number of benzene rings is 3. The number of ketones is 1. The fourth-order valence-corrected chi connectivity index (χ4v) is 4.37. The maximum absolute atomic E-state index is 14.0. The van der Waals surface area contributed by atoms with E-state index in [4.69, 9.17) is 18.9 Å². The first-order chi connectivity index (χ1) is 15.5. The van der Waals surface area contributed by atoms with E-state index in [1.165, 1.54) is 12.1 Å². The lowest BCUT2D eigenvalue weighted by Crippen LogP contribution is -2.14. The Labute approximate surface area is 192 Å². The highest BCUT2D eigenvalue weighted by Gasteiger charge is 2.30. The van der Waals surface area contributed by atoms with Gasteiger partial charge in [-0.25, -0.2) is 4.39 Å². The van der Waals surface area contributed by atoms with Crippen LogP contribution in [-0.4, -0.2) is 12.6 Å². The van der Waals surface area contributed by atoms with E-state index in [1.807, 2.05) is 19.1 Å². The summed E-state index contributed by atoms with van der Waals surface area (Å²) in [5, 5.41) is 0. The number of hydrogen-bond donors (Lipinski definition) is 0. The Morgan fingerprint density at radius 2 is 2.03 bits per heavy atom. The first-order valence-electron chi connectivity index (χ1n) is 9.97. The molecule has 0 N–H and O–H groups in total. The SMILES string of the molecule is Cc1cc(OCc2cc(Br)cc3c2OCOC3)cc2c1C(=O)/C(=C/c1ccccc1F)O2. The molecule has 0 aliphatic carbocycles. The Balaban J connectivity index is 1.40. The van der Waals surface area contributed by atoms with Crippen LogP contribution >= 0.6 is 15.9 Å². The van der Waals surface area contributed by atoms with Gasteiger partial charge in [0.2, 0.25) is 5.78 Å². The highest BCUT2D eigenvalue weighted by atomic mass is 79.9. The molecule has 162 valence electrons. The quantitative estimate of drug-likeness (QED) is 0.417. The normalized spacial score (nSPS) is 15.7. The number of allylic oxidation sites excluding steroid dienone is 1. The number of carbonyl (C=O) groups excluding carboxylic acids is 1. The van der Waals surface area contributed by atoms with E-state index >= 15 is 0 Å². The molecule has 0 spiro atoms. The second-order valence-corrected chi connectivity index (χ2v) is 8.44. The first kappa shape index (κ1) is 20.7. The third-order valence-corrected chi connectivity index (χ3v) is 5.74. The summed E-state index contributed by atoms with van der Waals surface area (Å²) in [6, 6.07) is 13.6. The summed E-state index contributed by atoms with van der Waals surface area (Å²) in [7, 11) is 0. The van der Waals surface area contributed by atoms with Gasteiger partial charge in [0.05, 0.1) is 12.2 Å². The van der Waals surface area contributed by atoms with Crippen molar-refractivity contribution in [2.24, 2.45) is 0 Å². The number of aryl methyl sites for hydroxylation is 1. The molecule has 0 saturated carbocycles. The number of ether oxygens (including phenoxy) is 4. The van der Waals surface area contributed by atoms with Crippen molar-refractivity contribution in [3.8, 4) is 17.2 Å². The number of halogens is 2. The molecule has 0 radical (unpaired) electrons. The molecule has 3 aromatic carbocycles. The second-order valence-electron chi connectivity index (χ2n) is 7.53. The molecule has 0 aromatic heterocycles. The molecule has 0 saturated heterocycles. The maximum atomic E-state index is 14.0. The molecule has 3 aromatic rings. The van der Waals surface area contributed by atoms with Crippen LogP contribution in [-0.2, 0) is 18.0 Å². The van der Waals surface area contributed by atoms with Gasteiger partial charge in [-0.3, -0.25) is 4.79 Å². The van der Waals surface area contributed by atoms with Crippen LogP contribution in [0.25, 0.3) is 6.08 Å². The van der Waals surface area contributed by atoms with Crippen molar-refractivity contribution in [2.45, 2.75) is 20.1 Å². The van der Waals surface area contributed by atoms with Gasteiger partial charge in [-0.15, -0.1) is 0 Å². The second kappa shape index (κ2) is 8.41. The molecule has 7 heteroatoms. The van der Waals surface area contributed by atoms with Gasteiger partial charge in [0.25, 0.3) is 0 Å². The Hall–Kier alpha value is -3.16. The third-order valence-electron chi connectivity index (χ3n) is 5.28. The van der Waals surface area contributed by atoms with E-state index < -0.39 is 5.82 Å². The molecule has 0 amide bonds. The highest BCUT2D eigenvalue weighted by Crippen LogP contribution is 2.38. The number of rotatable bonds is 4. The van der Waals surface area contributed by atoms with Crippen molar-refractivity contribution in [3.63, 3.8) is 0 Å². The fourth-order valence-electron chi connectivity index (χ4n) is 3.82. The van der Waals surface area contributed by atoms with Gasteiger partial charge in [-0.05, 0) is 42.8 Å². The summed E-state index contributed by atoms with van der Waals surface area (Å²) in [4.78, 5) is 12.8. The van der Waals surface area contributed by atoms with Crippen molar-refractivity contribution in [1.82, 2.24) is 0 Å². The average molecular weight is 497 g/mol. The number of hydrogen-bond acceptors (Lipinski definition) is 5. The molecule has 2 aliphatic heterocycles. The largest absolute Gasteiger partial charge is 0.489 e. The molecule has 32 heavy (non-hydrogen) atoms. The summed E-state index contributed by atoms with van der Waals surface area (Å²) < 4.78 is 37.7. The van der Waals surface area contributed by atoms with Crippen molar-refractivity contribution in [1.29, 1.82) is 0 Å². The van der Waals surface area contributed by atoms with Gasteiger partial charge in [0, 0.05) is 27.2 Å². The number of fused-ring (bicyclic) bond motifs is 2. The van der Waals surface area contributed by atoms with Crippen molar-refractivity contribution >= 4 is 27.8 Å². The van der Waals surface area contributed by atoms with Crippen LogP contribution in [0.3, 0.4) is 0 Å². The molecule has 0 bridgehead atoms. The van der Waals surface area contributed by atoms with Gasteiger partial charge in [0.15, 0.2) is 12.6 Å². The van der Waals surface area contributed by atoms with Gasteiger partial charge in [0.1, 0.15) is 29.7 Å². The summed E-state index contributed by atoms with van der Waals surface area (Å²) >= 11 is 3.51. The van der Waals surface area contributed by atoms with Crippen LogP contribution in [0.5, 0.6) is 17.2 Å². The molecule has 5 nitrogen and oxygen atoms in total. The van der Waals surface area contributed by atoms with Gasteiger partial charge < -0.3 is 18.9 Å². The minimum atomic E-state index is -0.418. The predicted octanol–water partition coefficient (Wildman–Crippen LogP) is 5.96. The Kier molecular flexibility index (Phi) is 5.45. The predicted molar refractivity (Wildman–Crippen MR) is 119 cm³/mol. The average Bonchev–Trinajstić information content (AvgIpc) is 3.09. The molecule has 2 aliphatic rings. The van der Waals surface area contributed by atoms with Gasteiger partial charge in [-0.2, -0.15) is 0 Å². The van der Waals surface area contributed by atoms with E-state index in [9.17, 15) is 9.18 Å². The summed E-state index contributed by atoms with van der Waals surface area (Å²) in [6.07, 6.45) is 1.42. The van der Waals surface area contributed by atoms with E-state index in [1.54, 1.807) is 30.3 Å². The van der Waals surface area contributed by atoms with Crippen molar-refractivity contribution in [3.05, 3.63) is 92.4 Å². The lowest BCUT2D eigenvalue weighted by molar-refractivity contribution is -0.0176. The van der Waals surface area contributed by atoms with Gasteiger partial charge in [-0.1, -0.05) is 34.1 Å². The monoisotopic (exact) mass is 496 g/mol. The zero-order chi connectivity index (χ0) is 22.2. The molecule has 2 heterocycles. The summed E-state index contributed by atoms with van der Waals surface area (Å²) in [5.74, 6) is 1.11. The van der Waals surface area contributed by atoms with Crippen LogP contribution in [0.15, 0.2) is 58.8 Å². The standard InChI is InChI=1S/C25H18BrFO5/c1-14-6-19(30-12-17-8-18(26)7-16-11-29-13-31-25(16)17)10-21-23(14)24(28)22(32-21)9-15-4-2-3-5-20(15)27/h2-10H,11-13H2,1H3/b22-9-.